The Kier molecular flexibility index (Phi) is 3.66. The van der Waals surface area contributed by atoms with Crippen molar-refractivity contribution in [2.24, 2.45) is 11.8 Å². The summed E-state index contributed by atoms with van der Waals surface area (Å²) in [6.45, 7) is 3.12. The third kappa shape index (κ3) is 2.83. The molecule has 4 rings (SSSR count). The number of rotatable bonds is 5. The number of fused-ring (bicyclic) bond motifs is 1. The highest BCUT2D eigenvalue weighted by molar-refractivity contribution is 5.86. The number of aromatic nitrogens is 4. The van der Waals surface area contributed by atoms with Crippen LogP contribution in [0.5, 0.6) is 0 Å². The number of hydrogen-bond donors (Lipinski definition) is 0. The lowest BCUT2D eigenvalue weighted by Crippen LogP contribution is -2.28. The minimum Gasteiger partial charge on any atom is -0.461 e. The highest BCUT2D eigenvalue weighted by atomic mass is 19.3. The third-order valence-electron chi connectivity index (χ3n) is 4.70. The molecule has 2 atom stereocenters. The third-order valence-corrected chi connectivity index (χ3v) is 4.70. The lowest BCUT2D eigenvalue weighted by atomic mass is 10.2. The van der Waals surface area contributed by atoms with Gasteiger partial charge in [-0.25, -0.2) is 23.2 Å². The zero-order valence-corrected chi connectivity index (χ0v) is 13.6. The minimum atomic E-state index is -2.49. The smallest absolute Gasteiger partial charge is 0.360 e. The second-order valence-electron chi connectivity index (χ2n) is 6.34. The molecule has 0 aromatic carbocycles. The number of carbonyl (C=O) groups excluding carboxylic acids is 1. The Morgan fingerprint density at radius 3 is 2.76 bits per heavy atom. The number of hydrogen-bond acceptors (Lipinski definition) is 6. The molecule has 1 aliphatic carbocycles. The van der Waals surface area contributed by atoms with Crippen LogP contribution >= 0.6 is 0 Å². The van der Waals surface area contributed by atoms with Crippen molar-refractivity contribution in [3.63, 3.8) is 0 Å². The molecular formula is C16H17F2N5O2. The van der Waals surface area contributed by atoms with Gasteiger partial charge in [-0.2, -0.15) is 0 Å². The van der Waals surface area contributed by atoms with Crippen LogP contribution < -0.4 is 4.90 Å². The molecule has 2 aromatic heterocycles. The van der Waals surface area contributed by atoms with Gasteiger partial charge in [0.05, 0.1) is 31.2 Å². The SMILES string of the molecule is CCOC(=O)c1cn(Cc2ccc(N3CC4C(C3)C4(F)F)nc2)nn1. The molecule has 2 fully saturated rings. The van der Waals surface area contributed by atoms with Crippen LogP contribution in [0.3, 0.4) is 0 Å². The highest BCUT2D eigenvalue weighted by Gasteiger charge is 2.71. The molecular weight excluding hydrogens is 332 g/mol. The first kappa shape index (κ1) is 15.9. The summed E-state index contributed by atoms with van der Waals surface area (Å²) >= 11 is 0. The number of anilines is 1. The molecule has 1 saturated carbocycles. The molecule has 2 unspecified atom stereocenters. The summed E-state index contributed by atoms with van der Waals surface area (Å²) in [6.07, 6.45) is 3.20. The fourth-order valence-electron chi connectivity index (χ4n) is 3.25. The van der Waals surface area contributed by atoms with Crippen LogP contribution in [0.4, 0.5) is 14.6 Å². The lowest BCUT2D eigenvalue weighted by Gasteiger charge is -2.20. The molecule has 0 radical (unpaired) electrons. The maximum absolute atomic E-state index is 13.2. The second-order valence-corrected chi connectivity index (χ2v) is 6.34. The van der Waals surface area contributed by atoms with Crippen molar-refractivity contribution in [3.05, 3.63) is 35.8 Å². The first-order chi connectivity index (χ1) is 12.0. The fourth-order valence-corrected chi connectivity index (χ4v) is 3.25. The Morgan fingerprint density at radius 1 is 1.36 bits per heavy atom. The van der Waals surface area contributed by atoms with Crippen molar-refractivity contribution in [2.75, 3.05) is 24.6 Å². The maximum Gasteiger partial charge on any atom is 0.360 e. The Morgan fingerprint density at radius 2 is 2.12 bits per heavy atom. The summed E-state index contributed by atoms with van der Waals surface area (Å²) in [5, 5.41) is 7.67. The van der Waals surface area contributed by atoms with Gasteiger partial charge >= 0.3 is 5.97 Å². The summed E-state index contributed by atoms with van der Waals surface area (Å²) in [4.78, 5) is 17.8. The molecule has 0 amide bonds. The molecule has 1 aliphatic heterocycles. The van der Waals surface area contributed by atoms with Gasteiger partial charge in [0, 0.05) is 19.3 Å². The molecule has 7 nitrogen and oxygen atoms in total. The van der Waals surface area contributed by atoms with E-state index in [1.54, 1.807) is 13.1 Å². The van der Waals surface area contributed by atoms with Gasteiger partial charge in [-0.05, 0) is 18.6 Å². The second kappa shape index (κ2) is 5.75. The zero-order chi connectivity index (χ0) is 17.6. The molecule has 0 N–H and O–H groups in total. The number of esters is 1. The summed E-state index contributed by atoms with van der Waals surface area (Å²) in [7, 11) is 0. The molecule has 25 heavy (non-hydrogen) atoms. The summed E-state index contributed by atoms with van der Waals surface area (Å²) in [6, 6.07) is 3.69. The summed E-state index contributed by atoms with van der Waals surface area (Å²) < 4.78 is 32.9. The van der Waals surface area contributed by atoms with Crippen LogP contribution in [0.1, 0.15) is 23.0 Å². The van der Waals surface area contributed by atoms with E-state index < -0.39 is 23.7 Å². The molecule has 0 spiro atoms. The van der Waals surface area contributed by atoms with Crippen LogP contribution in [0.25, 0.3) is 0 Å². The minimum absolute atomic E-state index is 0.156. The van der Waals surface area contributed by atoms with Crippen molar-refractivity contribution < 1.29 is 18.3 Å². The zero-order valence-electron chi connectivity index (χ0n) is 13.6. The Labute approximate surface area is 142 Å². The van der Waals surface area contributed by atoms with Gasteiger partial charge in [0.1, 0.15) is 5.82 Å². The van der Waals surface area contributed by atoms with E-state index in [1.807, 2.05) is 17.0 Å². The van der Waals surface area contributed by atoms with Crippen molar-refractivity contribution >= 4 is 11.8 Å². The molecule has 2 aromatic rings. The summed E-state index contributed by atoms with van der Waals surface area (Å²) in [5.41, 5.74) is 1.03. The quantitative estimate of drug-likeness (QED) is 0.764. The topological polar surface area (TPSA) is 73.1 Å². The van der Waals surface area contributed by atoms with E-state index in [4.69, 9.17) is 4.74 Å². The van der Waals surface area contributed by atoms with Crippen LogP contribution in [-0.4, -0.2) is 51.6 Å². The normalized spacial score (nSPS) is 23.4. The van der Waals surface area contributed by atoms with Gasteiger partial charge in [-0.15, -0.1) is 5.10 Å². The monoisotopic (exact) mass is 349 g/mol. The van der Waals surface area contributed by atoms with Gasteiger partial charge < -0.3 is 9.64 Å². The number of carbonyl (C=O) groups is 1. The lowest BCUT2D eigenvalue weighted by molar-refractivity contribution is 0.0519. The molecule has 132 valence electrons. The predicted molar refractivity (Wildman–Crippen MR) is 83.5 cm³/mol. The van der Waals surface area contributed by atoms with Crippen LogP contribution in [-0.2, 0) is 11.3 Å². The average Bonchev–Trinajstić information content (AvgIpc) is 3.05. The van der Waals surface area contributed by atoms with Gasteiger partial charge in [0.2, 0.25) is 0 Å². The van der Waals surface area contributed by atoms with Gasteiger partial charge in [-0.3, -0.25) is 0 Å². The van der Waals surface area contributed by atoms with Crippen molar-refractivity contribution in [1.29, 1.82) is 0 Å². The molecule has 0 bridgehead atoms. The van der Waals surface area contributed by atoms with Crippen LogP contribution in [0.2, 0.25) is 0 Å². The standard InChI is InChI=1S/C16H17F2N5O2/c1-2-25-15(24)13-9-23(21-20-13)6-10-3-4-14(19-5-10)22-7-11-12(8-22)16(11,17)18/h3-5,9,11-12H,2,6-8H2,1H3. The number of piperidine rings is 1. The van der Waals surface area contributed by atoms with E-state index in [-0.39, 0.29) is 12.3 Å². The van der Waals surface area contributed by atoms with Crippen molar-refractivity contribution in [2.45, 2.75) is 19.4 Å². The predicted octanol–water partition coefficient (Wildman–Crippen LogP) is 1.60. The Balaban J connectivity index is 1.38. The maximum atomic E-state index is 13.2. The first-order valence-electron chi connectivity index (χ1n) is 8.14. The van der Waals surface area contributed by atoms with Gasteiger partial charge in [-0.1, -0.05) is 11.3 Å². The Hall–Kier alpha value is -2.58. The highest BCUT2D eigenvalue weighted by Crippen LogP contribution is 2.59. The largest absolute Gasteiger partial charge is 0.461 e. The number of nitrogens with zero attached hydrogens (tertiary/aromatic N) is 5. The Bertz CT molecular complexity index is 778. The number of ether oxygens (including phenoxy) is 1. The molecule has 2 aliphatic rings. The fraction of sp³-hybridized carbons (Fsp3) is 0.500. The van der Waals surface area contributed by atoms with E-state index in [1.165, 1.54) is 10.9 Å². The van der Waals surface area contributed by atoms with E-state index in [2.05, 4.69) is 15.3 Å². The van der Waals surface area contributed by atoms with E-state index >= 15 is 0 Å². The molecule has 3 heterocycles. The molecule has 1 saturated heterocycles. The van der Waals surface area contributed by atoms with Crippen LogP contribution in [0.15, 0.2) is 24.5 Å². The number of halogens is 2. The average molecular weight is 349 g/mol. The molecule has 9 heteroatoms. The van der Waals surface area contributed by atoms with Gasteiger partial charge in [0.15, 0.2) is 5.69 Å². The first-order valence-corrected chi connectivity index (χ1v) is 8.14. The van der Waals surface area contributed by atoms with E-state index in [9.17, 15) is 13.6 Å². The number of alkyl halides is 2. The van der Waals surface area contributed by atoms with Crippen molar-refractivity contribution in [3.8, 4) is 0 Å². The van der Waals surface area contributed by atoms with E-state index in [0.717, 1.165) is 5.56 Å². The number of pyridine rings is 1. The summed E-state index contributed by atoms with van der Waals surface area (Å²) in [5.74, 6) is -3.33. The van der Waals surface area contributed by atoms with E-state index in [0.29, 0.717) is 25.5 Å². The van der Waals surface area contributed by atoms with Gasteiger partial charge in [0.25, 0.3) is 5.92 Å². The van der Waals surface area contributed by atoms with Crippen LogP contribution in [0, 0.1) is 11.8 Å². The van der Waals surface area contributed by atoms with Crippen molar-refractivity contribution in [1.82, 2.24) is 20.0 Å².